The number of halogens is 1. The van der Waals surface area contributed by atoms with Crippen LogP contribution in [0, 0.1) is 0 Å². The average molecular weight is 406 g/mol. The molecule has 0 bridgehead atoms. The van der Waals surface area contributed by atoms with E-state index in [9.17, 15) is 4.79 Å². The van der Waals surface area contributed by atoms with Gasteiger partial charge in [0.1, 0.15) is 5.82 Å². The Hall–Kier alpha value is -3.31. The number of fused-ring (bicyclic) bond motifs is 1. The number of rotatable bonds is 6. The van der Waals surface area contributed by atoms with E-state index in [4.69, 9.17) is 16.3 Å². The lowest BCUT2D eigenvalue weighted by Gasteiger charge is -2.20. The molecule has 1 aromatic carbocycles. The fourth-order valence-corrected chi connectivity index (χ4v) is 3.47. The predicted octanol–water partition coefficient (Wildman–Crippen LogP) is 5.37. The summed E-state index contributed by atoms with van der Waals surface area (Å²) in [6, 6.07) is 21.1. The smallest absolute Gasteiger partial charge is 0.340 e. The van der Waals surface area contributed by atoms with Crippen LogP contribution in [-0.4, -0.2) is 22.0 Å². The summed E-state index contributed by atoms with van der Waals surface area (Å²) in [5.41, 5.74) is 3.29. The summed E-state index contributed by atoms with van der Waals surface area (Å²) in [5.74, 6) is 0.352. The minimum atomic E-state index is -0.334. The third-order valence-electron chi connectivity index (χ3n) is 4.65. The molecular formula is C23H20ClN3O2. The number of benzene rings is 1. The summed E-state index contributed by atoms with van der Waals surface area (Å²) < 4.78 is 7.27. The van der Waals surface area contributed by atoms with Crippen LogP contribution in [-0.2, 0) is 4.74 Å². The fraction of sp³-hybridized carbons (Fsp3) is 0.130. The lowest BCUT2D eigenvalue weighted by Crippen LogP contribution is -2.15. The summed E-state index contributed by atoms with van der Waals surface area (Å²) in [6.07, 6.45) is 3.55. The minimum Gasteiger partial charge on any atom is -0.462 e. The van der Waals surface area contributed by atoms with Crippen molar-refractivity contribution in [2.24, 2.45) is 0 Å². The monoisotopic (exact) mass is 405 g/mol. The number of aromatic nitrogens is 2. The first-order chi connectivity index (χ1) is 14.2. The molecule has 0 saturated heterocycles. The Kier molecular flexibility index (Phi) is 5.49. The highest BCUT2D eigenvalue weighted by Crippen LogP contribution is 2.30. The maximum absolute atomic E-state index is 12.5. The van der Waals surface area contributed by atoms with Gasteiger partial charge in [-0.25, -0.2) is 9.78 Å². The SMILES string of the molecule is CCOC(=O)c1cc(C(Nc2ccc(Cl)cn2)c2ccccc2)n2ccccc12. The second-order valence-electron chi connectivity index (χ2n) is 6.51. The fourth-order valence-electron chi connectivity index (χ4n) is 3.36. The Morgan fingerprint density at radius 1 is 1.14 bits per heavy atom. The van der Waals surface area contributed by atoms with Crippen LogP contribution in [0.1, 0.15) is 34.6 Å². The number of anilines is 1. The van der Waals surface area contributed by atoms with E-state index in [1.165, 1.54) is 0 Å². The molecule has 6 heteroatoms. The molecule has 0 spiro atoms. The van der Waals surface area contributed by atoms with E-state index in [-0.39, 0.29) is 12.0 Å². The highest BCUT2D eigenvalue weighted by Gasteiger charge is 2.23. The van der Waals surface area contributed by atoms with E-state index in [2.05, 4.69) is 10.3 Å². The van der Waals surface area contributed by atoms with E-state index >= 15 is 0 Å². The number of esters is 1. The average Bonchev–Trinajstić information content (AvgIpc) is 3.14. The second-order valence-corrected chi connectivity index (χ2v) is 6.95. The molecule has 1 N–H and O–H groups in total. The second kappa shape index (κ2) is 8.37. The number of carbonyl (C=O) groups is 1. The molecule has 0 aliphatic carbocycles. The summed E-state index contributed by atoms with van der Waals surface area (Å²) in [4.78, 5) is 16.9. The number of ether oxygens (including phenoxy) is 1. The molecule has 4 rings (SSSR count). The van der Waals surface area contributed by atoms with Gasteiger partial charge < -0.3 is 14.5 Å². The normalized spacial score (nSPS) is 11.9. The van der Waals surface area contributed by atoms with Gasteiger partial charge in [-0.05, 0) is 42.8 Å². The van der Waals surface area contributed by atoms with Crippen molar-refractivity contribution >= 4 is 28.9 Å². The van der Waals surface area contributed by atoms with Crippen molar-refractivity contribution in [2.45, 2.75) is 13.0 Å². The molecule has 146 valence electrons. The van der Waals surface area contributed by atoms with Crippen molar-refractivity contribution in [2.75, 3.05) is 11.9 Å². The number of hydrogen-bond donors (Lipinski definition) is 1. The highest BCUT2D eigenvalue weighted by molar-refractivity contribution is 6.30. The third-order valence-corrected chi connectivity index (χ3v) is 4.87. The molecule has 3 heterocycles. The van der Waals surface area contributed by atoms with E-state index in [1.54, 1.807) is 19.2 Å². The Morgan fingerprint density at radius 3 is 2.66 bits per heavy atom. The molecule has 29 heavy (non-hydrogen) atoms. The van der Waals surface area contributed by atoms with Gasteiger partial charge in [-0.15, -0.1) is 0 Å². The van der Waals surface area contributed by atoms with E-state index in [0.717, 1.165) is 16.8 Å². The van der Waals surface area contributed by atoms with Gasteiger partial charge in [0.2, 0.25) is 0 Å². The number of nitrogens with one attached hydrogen (secondary N) is 1. The molecule has 1 unspecified atom stereocenters. The molecule has 0 radical (unpaired) electrons. The Balaban J connectivity index is 1.85. The van der Waals surface area contributed by atoms with Gasteiger partial charge in [0.05, 0.1) is 34.4 Å². The molecule has 4 aromatic rings. The van der Waals surface area contributed by atoms with Gasteiger partial charge in [-0.3, -0.25) is 0 Å². The third kappa shape index (κ3) is 3.96. The van der Waals surface area contributed by atoms with Crippen LogP contribution in [0.5, 0.6) is 0 Å². The van der Waals surface area contributed by atoms with Gasteiger partial charge in [0.15, 0.2) is 0 Å². The number of pyridine rings is 2. The summed E-state index contributed by atoms with van der Waals surface area (Å²) in [6.45, 7) is 2.13. The van der Waals surface area contributed by atoms with Crippen LogP contribution >= 0.6 is 11.6 Å². The van der Waals surface area contributed by atoms with Crippen molar-refractivity contribution in [3.63, 3.8) is 0 Å². The zero-order valence-corrected chi connectivity index (χ0v) is 16.6. The van der Waals surface area contributed by atoms with E-state index < -0.39 is 0 Å². The van der Waals surface area contributed by atoms with Crippen LogP contribution in [0.3, 0.4) is 0 Å². The molecule has 0 saturated carbocycles. The molecule has 3 aromatic heterocycles. The predicted molar refractivity (Wildman–Crippen MR) is 115 cm³/mol. The van der Waals surface area contributed by atoms with Crippen molar-refractivity contribution in [3.8, 4) is 0 Å². The first kappa shape index (κ1) is 19.0. The zero-order chi connectivity index (χ0) is 20.2. The van der Waals surface area contributed by atoms with Crippen LogP contribution < -0.4 is 5.32 Å². The Bertz CT molecular complexity index is 1120. The Labute approximate surface area is 173 Å². The first-order valence-electron chi connectivity index (χ1n) is 9.37. The van der Waals surface area contributed by atoms with Crippen molar-refractivity contribution < 1.29 is 9.53 Å². The summed E-state index contributed by atoms with van der Waals surface area (Å²) in [5, 5.41) is 4.05. The molecule has 0 aliphatic rings. The Morgan fingerprint density at radius 2 is 1.93 bits per heavy atom. The molecule has 5 nitrogen and oxygen atoms in total. The van der Waals surface area contributed by atoms with Gasteiger partial charge >= 0.3 is 5.97 Å². The van der Waals surface area contributed by atoms with Crippen molar-refractivity contribution in [3.05, 3.63) is 101 Å². The maximum Gasteiger partial charge on any atom is 0.340 e. The van der Waals surface area contributed by atoms with Gasteiger partial charge in [-0.1, -0.05) is 48.0 Å². The van der Waals surface area contributed by atoms with Crippen LogP contribution in [0.15, 0.2) is 79.1 Å². The topological polar surface area (TPSA) is 55.6 Å². The number of carbonyl (C=O) groups excluding carboxylic acids is 1. The van der Waals surface area contributed by atoms with Gasteiger partial charge in [-0.2, -0.15) is 0 Å². The van der Waals surface area contributed by atoms with E-state index in [1.807, 2.05) is 71.3 Å². The summed E-state index contributed by atoms with van der Waals surface area (Å²) >= 11 is 5.98. The summed E-state index contributed by atoms with van der Waals surface area (Å²) in [7, 11) is 0. The lowest BCUT2D eigenvalue weighted by atomic mass is 10.0. The van der Waals surface area contributed by atoms with Crippen LogP contribution in [0.25, 0.3) is 5.52 Å². The largest absolute Gasteiger partial charge is 0.462 e. The minimum absolute atomic E-state index is 0.233. The molecule has 0 aliphatic heterocycles. The van der Waals surface area contributed by atoms with Gasteiger partial charge in [0.25, 0.3) is 0 Å². The zero-order valence-electron chi connectivity index (χ0n) is 15.9. The lowest BCUT2D eigenvalue weighted by molar-refractivity contribution is 0.0529. The number of hydrogen-bond acceptors (Lipinski definition) is 4. The van der Waals surface area contributed by atoms with E-state index in [0.29, 0.717) is 23.0 Å². The van der Waals surface area contributed by atoms with Crippen LogP contribution in [0.2, 0.25) is 5.02 Å². The number of nitrogens with zero attached hydrogens (tertiary/aromatic N) is 2. The van der Waals surface area contributed by atoms with Crippen molar-refractivity contribution in [1.29, 1.82) is 0 Å². The first-order valence-corrected chi connectivity index (χ1v) is 9.75. The van der Waals surface area contributed by atoms with Gasteiger partial charge in [0, 0.05) is 12.4 Å². The maximum atomic E-state index is 12.5. The standard InChI is InChI=1S/C23H20ClN3O2/c1-2-29-23(28)18-14-20(27-13-7-6-10-19(18)27)22(16-8-4-3-5-9-16)26-21-12-11-17(24)15-25-21/h3-15,22H,2H2,1H3,(H,25,26). The van der Waals surface area contributed by atoms with Crippen LogP contribution in [0.4, 0.5) is 5.82 Å². The molecule has 0 fully saturated rings. The molecular weight excluding hydrogens is 386 g/mol. The highest BCUT2D eigenvalue weighted by atomic mass is 35.5. The molecule has 1 atom stereocenters. The quantitative estimate of drug-likeness (QED) is 0.438. The van der Waals surface area contributed by atoms with Crippen molar-refractivity contribution in [1.82, 2.24) is 9.38 Å². The molecule has 0 amide bonds.